The van der Waals surface area contributed by atoms with Crippen LogP contribution in [0.15, 0.2) is 24.3 Å². The highest BCUT2D eigenvalue weighted by Crippen LogP contribution is 2.12. The predicted octanol–water partition coefficient (Wildman–Crippen LogP) is 4.40. The molecule has 0 N–H and O–H groups in total. The number of hydrogen-bond donors (Lipinski definition) is 0. The molecule has 0 spiro atoms. The van der Waals surface area contributed by atoms with Crippen molar-refractivity contribution in [1.29, 1.82) is 0 Å². The fourth-order valence-electron chi connectivity index (χ4n) is 2.12. The van der Waals surface area contributed by atoms with Crippen LogP contribution < -0.4 is 0 Å². The topological polar surface area (TPSA) is 61.8 Å². The largest absolute Gasteiger partial charge is 0.462 e. The van der Waals surface area contributed by atoms with Gasteiger partial charge in [0.15, 0.2) is 0 Å². The van der Waals surface area contributed by atoms with Gasteiger partial charge in [-0.15, -0.1) is 0 Å². The van der Waals surface area contributed by atoms with Gasteiger partial charge in [0.05, 0.1) is 24.3 Å². The summed E-state index contributed by atoms with van der Waals surface area (Å²) in [5.41, 5.74) is 0.537. The summed E-state index contributed by atoms with van der Waals surface area (Å²) in [7, 11) is 0. The molecule has 2 rings (SSSR count). The summed E-state index contributed by atoms with van der Waals surface area (Å²) in [6, 6.07) is 6.59. The average molecular weight is 350 g/mol. The zero-order valence-electron chi connectivity index (χ0n) is 15.4. The summed E-state index contributed by atoms with van der Waals surface area (Å²) in [5.74, 6) is -0.942. The van der Waals surface area contributed by atoms with Crippen molar-refractivity contribution in [1.82, 2.24) is 0 Å². The van der Waals surface area contributed by atoms with Crippen LogP contribution in [0.2, 0.25) is 0 Å². The third kappa shape index (κ3) is 8.68. The molecule has 0 radical (unpaired) electrons. The maximum Gasteiger partial charge on any atom is 0.339 e. The van der Waals surface area contributed by atoms with E-state index in [1.165, 1.54) is 12.8 Å². The minimum atomic E-state index is -0.471. The molecule has 0 bridgehead atoms. The minimum absolute atomic E-state index is 0.269. The van der Waals surface area contributed by atoms with Crippen LogP contribution in [0.1, 0.15) is 73.1 Å². The highest BCUT2D eigenvalue weighted by molar-refractivity contribution is 6.03. The number of unbranched alkanes of at least 4 members (excludes halogenated alkanes) is 2. The Morgan fingerprint density at radius 1 is 0.880 bits per heavy atom. The summed E-state index contributed by atoms with van der Waals surface area (Å²) in [5, 5.41) is 0. The van der Waals surface area contributed by atoms with E-state index in [4.69, 9.17) is 14.2 Å². The van der Waals surface area contributed by atoms with Crippen molar-refractivity contribution in [3.05, 3.63) is 35.4 Å². The van der Waals surface area contributed by atoms with Crippen LogP contribution in [0.25, 0.3) is 0 Å². The molecule has 0 aromatic heterocycles. The summed E-state index contributed by atoms with van der Waals surface area (Å²) in [4.78, 5) is 23.9. The molecule has 1 heterocycles. The highest BCUT2D eigenvalue weighted by atomic mass is 16.5. The molecular formula is C20H30O5. The van der Waals surface area contributed by atoms with Gasteiger partial charge in [-0.05, 0) is 37.8 Å². The van der Waals surface area contributed by atoms with Gasteiger partial charge in [0, 0.05) is 13.2 Å². The smallest absolute Gasteiger partial charge is 0.339 e. The van der Waals surface area contributed by atoms with E-state index in [-0.39, 0.29) is 11.1 Å². The Kier molecular flexibility index (Phi) is 11.4. The van der Waals surface area contributed by atoms with Gasteiger partial charge in [-0.3, -0.25) is 0 Å². The lowest BCUT2D eigenvalue weighted by Gasteiger charge is -2.09. The van der Waals surface area contributed by atoms with E-state index in [1.807, 2.05) is 13.8 Å². The van der Waals surface area contributed by atoms with E-state index >= 15 is 0 Å². The molecule has 0 amide bonds. The van der Waals surface area contributed by atoms with Crippen molar-refractivity contribution in [2.75, 3.05) is 26.4 Å². The molecule has 1 aliphatic rings. The first-order chi connectivity index (χ1) is 12.2. The molecule has 0 unspecified atom stereocenters. The van der Waals surface area contributed by atoms with E-state index in [0.29, 0.717) is 13.2 Å². The van der Waals surface area contributed by atoms with Crippen molar-refractivity contribution >= 4 is 11.9 Å². The van der Waals surface area contributed by atoms with Gasteiger partial charge in [-0.25, -0.2) is 9.59 Å². The third-order valence-electron chi connectivity index (χ3n) is 3.66. The molecule has 0 saturated carbocycles. The highest BCUT2D eigenvalue weighted by Gasteiger charge is 2.18. The Morgan fingerprint density at radius 3 is 1.64 bits per heavy atom. The average Bonchev–Trinajstić information content (AvgIpc) is 3.22. The number of esters is 2. The number of benzene rings is 1. The zero-order valence-corrected chi connectivity index (χ0v) is 15.4. The van der Waals surface area contributed by atoms with Gasteiger partial charge in [-0.1, -0.05) is 38.8 Å². The molecule has 1 fully saturated rings. The van der Waals surface area contributed by atoms with Crippen molar-refractivity contribution in [3.63, 3.8) is 0 Å². The van der Waals surface area contributed by atoms with E-state index < -0.39 is 11.9 Å². The van der Waals surface area contributed by atoms with E-state index in [9.17, 15) is 9.59 Å². The van der Waals surface area contributed by atoms with Crippen LogP contribution in [-0.4, -0.2) is 38.4 Å². The second-order valence-corrected chi connectivity index (χ2v) is 5.84. The van der Waals surface area contributed by atoms with Crippen molar-refractivity contribution in [2.45, 2.75) is 52.4 Å². The molecule has 1 aromatic carbocycles. The van der Waals surface area contributed by atoms with Gasteiger partial charge >= 0.3 is 11.9 Å². The minimum Gasteiger partial charge on any atom is -0.462 e. The molecular weight excluding hydrogens is 320 g/mol. The van der Waals surface area contributed by atoms with Crippen LogP contribution in [0.5, 0.6) is 0 Å². The fraction of sp³-hybridized carbons (Fsp3) is 0.600. The van der Waals surface area contributed by atoms with Crippen LogP contribution in [0.4, 0.5) is 0 Å². The van der Waals surface area contributed by atoms with Gasteiger partial charge in [0.25, 0.3) is 0 Å². The van der Waals surface area contributed by atoms with E-state index in [1.54, 1.807) is 24.3 Å². The molecule has 5 nitrogen and oxygen atoms in total. The Hall–Kier alpha value is -1.88. The molecule has 0 aliphatic carbocycles. The number of rotatable bonds is 8. The van der Waals surface area contributed by atoms with Gasteiger partial charge in [0.1, 0.15) is 0 Å². The van der Waals surface area contributed by atoms with E-state index in [2.05, 4.69) is 0 Å². The van der Waals surface area contributed by atoms with Crippen LogP contribution in [0.3, 0.4) is 0 Å². The van der Waals surface area contributed by atoms with Crippen LogP contribution >= 0.6 is 0 Å². The van der Waals surface area contributed by atoms with Gasteiger partial charge in [-0.2, -0.15) is 0 Å². The fourth-order valence-corrected chi connectivity index (χ4v) is 2.12. The third-order valence-corrected chi connectivity index (χ3v) is 3.66. The number of hydrogen-bond acceptors (Lipinski definition) is 5. The first-order valence-corrected chi connectivity index (χ1v) is 9.21. The summed E-state index contributed by atoms with van der Waals surface area (Å²) in [6.07, 6.45) is 6.09. The first-order valence-electron chi connectivity index (χ1n) is 9.21. The Morgan fingerprint density at radius 2 is 1.32 bits per heavy atom. The summed E-state index contributed by atoms with van der Waals surface area (Å²) < 4.78 is 15.2. The van der Waals surface area contributed by atoms with Crippen LogP contribution in [-0.2, 0) is 14.2 Å². The van der Waals surface area contributed by atoms with Gasteiger partial charge in [0.2, 0.25) is 0 Å². The summed E-state index contributed by atoms with van der Waals surface area (Å²) in [6.45, 7) is 6.78. The molecule has 1 aliphatic heterocycles. The molecule has 1 aromatic rings. The zero-order chi connectivity index (χ0) is 18.3. The van der Waals surface area contributed by atoms with E-state index in [0.717, 1.165) is 38.9 Å². The molecule has 1 saturated heterocycles. The SMILES string of the molecule is C1CCOC1.CCCCOC(=O)c1ccccc1C(=O)OCCCC. The van der Waals surface area contributed by atoms with Crippen molar-refractivity contribution < 1.29 is 23.8 Å². The van der Waals surface area contributed by atoms with Crippen LogP contribution in [0, 0.1) is 0 Å². The lowest BCUT2D eigenvalue weighted by molar-refractivity contribution is 0.0452. The maximum absolute atomic E-state index is 11.9. The molecule has 25 heavy (non-hydrogen) atoms. The lowest BCUT2D eigenvalue weighted by atomic mass is 10.1. The molecule has 5 heteroatoms. The monoisotopic (exact) mass is 350 g/mol. The Balaban J connectivity index is 0.000000531. The quantitative estimate of drug-likeness (QED) is 0.514. The number of carbonyl (C=O) groups is 2. The number of carbonyl (C=O) groups excluding carboxylic acids is 2. The second kappa shape index (κ2) is 13.4. The predicted molar refractivity (Wildman–Crippen MR) is 96.9 cm³/mol. The standard InChI is InChI=1S/C16H22O4.C4H8O/c1-3-5-11-19-15(17)13-9-7-8-10-14(13)16(18)20-12-6-4-2;1-2-4-5-3-1/h7-10H,3-6,11-12H2,1-2H3;1-4H2. The molecule has 140 valence electrons. The van der Waals surface area contributed by atoms with Crippen molar-refractivity contribution in [3.8, 4) is 0 Å². The Bertz CT molecular complexity index is 460. The first kappa shape index (κ1) is 21.2. The second-order valence-electron chi connectivity index (χ2n) is 5.84. The van der Waals surface area contributed by atoms with Crippen molar-refractivity contribution in [2.24, 2.45) is 0 Å². The number of ether oxygens (including phenoxy) is 3. The normalized spacial score (nSPS) is 12.9. The lowest BCUT2D eigenvalue weighted by Crippen LogP contribution is -2.14. The maximum atomic E-state index is 11.9. The summed E-state index contributed by atoms with van der Waals surface area (Å²) >= 11 is 0. The molecule has 0 atom stereocenters. The van der Waals surface area contributed by atoms with Gasteiger partial charge < -0.3 is 14.2 Å². The Labute approximate surface area is 150 Å².